The van der Waals surface area contributed by atoms with Crippen LogP contribution in [0.4, 0.5) is 0 Å². The van der Waals surface area contributed by atoms with Crippen LogP contribution in [0.5, 0.6) is 0 Å². The lowest BCUT2D eigenvalue weighted by Crippen LogP contribution is -2.06. The Hall–Kier alpha value is 0.570. The standard InChI is InChI=1S/C4H2Cl4O/c5-1-2(6)3(9)4(7)8/h1,4H/b2-1-. The number of Topliss-reactive ketones (excluding diaryl/α,β-unsaturated/α-hetero) is 1. The zero-order valence-corrected chi connectivity index (χ0v) is 7.10. The molecule has 0 spiro atoms. The normalized spacial score (nSPS) is 12.3. The van der Waals surface area contributed by atoms with Gasteiger partial charge in [0.05, 0.1) is 5.03 Å². The molecule has 0 amide bonds. The van der Waals surface area contributed by atoms with Gasteiger partial charge in [0.15, 0.2) is 4.84 Å². The van der Waals surface area contributed by atoms with Crippen LogP contribution in [-0.4, -0.2) is 10.6 Å². The van der Waals surface area contributed by atoms with E-state index in [2.05, 4.69) is 0 Å². The lowest BCUT2D eigenvalue weighted by molar-refractivity contribution is -0.113. The fourth-order valence-corrected chi connectivity index (χ4v) is 0.721. The summed E-state index contributed by atoms with van der Waals surface area (Å²) in [4.78, 5) is 9.39. The van der Waals surface area contributed by atoms with Crippen molar-refractivity contribution < 1.29 is 4.79 Å². The van der Waals surface area contributed by atoms with E-state index in [1.807, 2.05) is 0 Å². The highest BCUT2D eigenvalue weighted by molar-refractivity contribution is 6.61. The molecule has 5 heteroatoms. The Morgan fingerprint density at radius 2 is 1.89 bits per heavy atom. The van der Waals surface area contributed by atoms with Crippen molar-refractivity contribution in [2.75, 3.05) is 0 Å². The van der Waals surface area contributed by atoms with E-state index in [9.17, 15) is 4.79 Å². The average molecular weight is 208 g/mol. The first-order valence-corrected chi connectivity index (χ1v) is 3.56. The van der Waals surface area contributed by atoms with E-state index in [1.54, 1.807) is 0 Å². The number of ketones is 1. The van der Waals surface area contributed by atoms with Crippen molar-refractivity contribution in [2.45, 2.75) is 4.84 Å². The van der Waals surface area contributed by atoms with Gasteiger partial charge in [-0.1, -0.05) is 46.4 Å². The molecule has 52 valence electrons. The van der Waals surface area contributed by atoms with E-state index < -0.39 is 10.6 Å². The topological polar surface area (TPSA) is 17.1 Å². The zero-order valence-electron chi connectivity index (χ0n) is 4.07. The van der Waals surface area contributed by atoms with Gasteiger partial charge in [0.25, 0.3) is 0 Å². The summed E-state index contributed by atoms with van der Waals surface area (Å²) in [7, 11) is 0. The highest BCUT2D eigenvalue weighted by atomic mass is 35.5. The van der Waals surface area contributed by atoms with Gasteiger partial charge in [-0.15, -0.1) is 0 Å². The maximum absolute atomic E-state index is 10.5. The van der Waals surface area contributed by atoms with Crippen molar-refractivity contribution in [1.82, 2.24) is 0 Å². The first-order chi connectivity index (χ1) is 4.09. The maximum Gasteiger partial charge on any atom is 0.207 e. The van der Waals surface area contributed by atoms with Crippen LogP contribution >= 0.6 is 46.4 Å². The summed E-state index contributed by atoms with van der Waals surface area (Å²) < 4.78 is 0. The molecule has 0 fully saturated rings. The number of carbonyl (C=O) groups excluding carboxylic acids is 1. The molecule has 0 saturated carbocycles. The number of hydrogen-bond acceptors (Lipinski definition) is 1. The third-order valence-electron chi connectivity index (χ3n) is 0.529. The first-order valence-electron chi connectivity index (χ1n) is 1.88. The molecule has 0 aromatic heterocycles. The predicted molar refractivity (Wildman–Crippen MR) is 40.3 cm³/mol. The van der Waals surface area contributed by atoms with Gasteiger partial charge in [-0.3, -0.25) is 4.79 Å². The van der Waals surface area contributed by atoms with Crippen LogP contribution in [0.2, 0.25) is 0 Å². The van der Waals surface area contributed by atoms with Gasteiger partial charge in [-0.25, -0.2) is 0 Å². The molecule has 1 nitrogen and oxygen atoms in total. The summed E-state index contributed by atoms with van der Waals surface area (Å²) in [5, 5.41) is -0.160. The zero-order chi connectivity index (χ0) is 7.44. The van der Waals surface area contributed by atoms with Gasteiger partial charge in [0, 0.05) is 5.54 Å². The number of carbonyl (C=O) groups is 1. The van der Waals surface area contributed by atoms with Crippen molar-refractivity contribution in [3.8, 4) is 0 Å². The highest BCUT2D eigenvalue weighted by Gasteiger charge is 2.14. The largest absolute Gasteiger partial charge is 0.290 e. The van der Waals surface area contributed by atoms with Crippen LogP contribution in [0.1, 0.15) is 0 Å². The molecule has 0 radical (unpaired) electrons. The Balaban J connectivity index is 4.06. The molecule has 0 unspecified atom stereocenters. The van der Waals surface area contributed by atoms with Crippen molar-refractivity contribution in [3.63, 3.8) is 0 Å². The first kappa shape index (κ1) is 9.57. The van der Waals surface area contributed by atoms with Gasteiger partial charge in [-0.05, 0) is 0 Å². The second-order valence-electron chi connectivity index (χ2n) is 1.12. The molecule has 0 aromatic rings. The van der Waals surface area contributed by atoms with E-state index in [0.717, 1.165) is 5.54 Å². The minimum Gasteiger partial charge on any atom is -0.290 e. The molecule has 0 aliphatic rings. The van der Waals surface area contributed by atoms with Crippen LogP contribution in [0, 0.1) is 0 Å². The van der Waals surface area contributed by atoms with E-state index in [-0.39, 0.29) is 5.03 Å². The second kappa shape index (κ2) is 4.40. The van der Waals surface area contributed by atoms with Gasteiger partial charge in [-0.2, -0.15) is 0 Å². The number of rotatable bonds is 2. The fraction of sp³-hybridized carbons (Fsp3) is 0.250. The smallest absolute Gasteiger partial charge is 0.207 e. The lowest BCUT2D eigenvalue weighted by Gasteiger charge is -1.94. The summed E-state index contributed by atoms with van der Waals surface area (Å²) in [6.45, 7) is 0. The Bertz CT molecular complexity index is 140. The van der Waals surface area contributed by atoms with Gasteiger partial charge in [0.1, 0.15) is 0 Å². The minimum atomic E-state index is -1.13. The summed E-state index contributed by atoms with van der Waals surface area (Å²) >= 11 is 20.5. The van der Waals surface area contributed by atoms with Gasteiger partial charge >= 0.3 is 0 Å². The SMILES string of the molecule is O=C(/C(Cl)=C/Cl)C(Cl)Cl. The van der Waals surface area contributed by atoms with Crippen LogP contribution in [0.15, 0.2) is 10.6 Å². The summed E-state index contributed by atoms with van der Waals surface area (Å²) in [5.41, 5.74) is 0.918. The van der Waals surface area contributed by atoms with Crippen LogP contribution in [0.3, 0.4) is 0 Å². The number of alkyl halides is 2. The monoisotopic (exact) mass is 206 g/mol. The Labute approximate surface area is 72.5 Å². The number of halogens is 4. The molecular formula is C4H2Cl4O. The molecule has 0 rings (SSSR count). The third-order valence-corrected chi connectivity index (χ3v) is 1.55. The Kier molecular flexibility index (Phi) is 4.67. The third kappa shape index (κ3) is 3.31. The van der Waals surface area contributed by atoms with Crippen LogP contribution in [-0.2, 0) is 4.79 Å². The molecule has 0 aliphatic carbocycles. The lowest BCUT2D eigenvalue weighted by atomic mass is 10.4. The van der Waals surface area contributed by atoms with Gasteiger partial charge < -0.3 is 0 Å². The summed E-state index contributed by atoms with van der Waals surface area (Å²) in [5.74, 6) is -0.588. The van der Waals surface area contributed by atoms with Crippen LogP contribution in [0.25, 0.3) is 0 Å². The Morgan fingerprint density at radius 1 is 1.44 bits per heavy atom. The van der Waals surface area contributed by atoms with Crippen molar-refractivity contribution in [3.05, 3.63) is 10.6 Å². The van der Waals surface area contributed by atoms with E-state index in [1.165, 1.54) is 0 Å². The molecule has 0 atom stereocenters. The van der Waals surface area contributed by atoms with Crippen molar-refractivity contribution in [2.24, 2.45) is 0 Å². The van der Waals surface area contributed by atoms with Crippen molar-refractivity contribution in [1.29, 1.82) is 0 Å². The molecule has 0 saturated heterocycles. The van der Waals surface area contributed by atoms with Gasteiger partial charge in [0.2, 0.25) is 5.78 Å². The number of hydrogen-bond donors (Lipinski definition) is 0. The molecule has 0 bridgehead atoms. The van der Waals surface area contributed by atoms with Crippen molar-refractivity contribution >= 4 is 52.2 Å². The quantitative estimate of drug-likeness (QED) is 0.503. The molecule has 0 N–H and O–H groups in total. The van der Waals surface area contributed by atoms with E-state index >= 15 is 0 Å². The van der Waals surface area contributed by atoms with E-state index in [0.29, 0.717) is 0 Å². The highest BCUT2D eigenvalue weighted by Crippen LogP contribution is 2.13. The fourth-order valence-electron chi connectivity index (χ4n) is 0.158. The number of allylic oxidation sites excluding steroid dienone is 1. The van der Waals surface area contributed by atoms with E-state index in [4.69, 9.17) is 46.4 Å². The summed E-state index contributed by atoms with van der Waals surface area (Å²) in [6, 6.07) is 0. The minimum absolute atomic E-state index is 0.160. The molecule has 0 aliphatic heterocycles. The molecule has 0 heterocycles. The molecule has 0 aromatic carbocycles. The van der Waals surface area contributed by atoms with Crippen LogP contribution < -0.4 is 0 Å². The predicted octanol–water partition coefficient (Wildman–Crippen LogP) is 2.68. The Morgan fingerprint density at radius 3 is 2.00 bits per heavy atom. The summed E-state index contributed by atoms with van der Waals surface area (Å²) in [6.07, 6.45) is 0. The maximum atomic E-state index is 10.5. The second-order valence-corrected chi connectivity index (χ2v) is 2.84. The molecular weight excluding hydrogens is 206 g/mol. The molecule has 9 heavy (non-hydrogen) atoms. The average Bonchev–Trinajstić information content (AvgIpc) is 1.84.